The van der Waals surface area contributed by atoms with Crippen molar-refractivity contribution in [2.75, 3.05) is 6.54 Å². The van der Waals surface area contributed by atoms with Crippen LogP contribution < -0.4 is 21.7 Å². The van der Waals surface area contributed by atoms with Crippen molar-refractivity contribution < 1.29 is 29.4 Å². The predicted molar refractivity (Wildman–Crippen MR) is 112 cm³/mol. The minimum Gasteiger partial charge on any atom is -0.508 e. The number of benzene rings is 1. The maximum atomic E-state index is 12.8. The predicted octanol–water partition coefficient (Wildman–Crippen LogP) is -1.58. The molecule has 12 heteroatoms. The van der Waals surface area contributed by atoms with E-state index in [2.05, 4.69) is 25.9 Å². The molecule has 172 valence electrons. The first-order valence-corrected chi connectivity index (χ1v) is 9.76. The molecule has 1 aromatic heterocycles. The summed E-state index contributed by atoms with van der Waals surface area (Å²) in [5, 5.41) is 25.3. The van der Waals surface area contributed by atoms with Gasteiger partial charge in [0.1, 0.15) is 24.4 Å². The van der Waals surface area contributed by atoms with E-state index in [-0.39, 0.29) is 18.6 Å². The van der Waals surface area contributed by atoms with Crippen molar-refractivity contribution in [3.8, 4) is 5.75 Å². The number of aromatic amines is 1. The topological polar surface area (TPSA) is 200 Å². The zero-order chi connectivity index (χ0) is 23.7. The fraction of sp³-hybridized carbons (Fsp3) is 0.350. The number of nitrogens with zero attached hydrogens (tertiary/aromatic N) is 1. The summed E-state index contributed by atoms with van der Waals surface area (Å²) in [6.45, 7) is 0.799. The van der Waals surface area contributed by atoms with E-state index in [1.54, 1.807) is 12.1 Å². The average molecular weight is 446 g/mol. The van der Waals surface area contributed by atoms with Crippen LogP contribution in [0.5, 0.6) is 5.75 Å². The Morgan fingerprint density at radius 2 is 1.75 bits per heavy atom. The number of phenols is 1. The second-order valence-electron chi connectivity index (χ2n) is 7.16. The zero-order valence-electron chi connectivity index (χ0n) is 17.4. The summed E-state index contributed by atoms with van der Waals surface area (Å²) < 4.78 is 0. The Kier molecular flexibility index (Phi) is 8.72. The lowest BCUT2D eigenvalue weighted by Gasteiger charge is -2.22. The molecular weight excluding hydrogens is 420 g/mol. The molecule has 0 spiro atoms. The van der Waals surface area contributed by atoms with Gasteiger partial charge in [-0.1, -0.05) is 12.1 Å². The van der Waals surface area contributed by atoms with E-state index in [0.29, 0.717) is 11.3 Å². The van der Waals surface area contributed by atoms with Crippen LogP contribution in [0.15, 0.2) is 36.8 Å². The number of carbonyl (C=O) groups is 4. The molecule has 2 rings (SSSR count). The van der Waals surface area contributed by atoms with Gasteiger partial charge in [-0.15, -0.1) is 0 Å². The molecule has 3 atom stereocenters. The van der Waals surface area contributed by atoms with Gasteiger partial charge < -0.3 is 36.9 Å². The highest BCUT2D eigenvalue weighted by atomic mass is 16.4. The second-order valence-corrected chi connectivity index (χ2v) is 7.16. The Morgan fingerprint density at radius 1 is 1.06 bits per heavy atom. The molecule has 1 heterocycles. The molecule has 0 aliphatic rings. The van der Waals surface area contributed by atoms with Crippen molar-refractivity contribution in [3.05, 3.63) is 48.0 Å². The number of amides is 3. The van der Waals surface area contributed by atoms with Gasteiger partial charge in [-0.3, -0.25) is 19.2 Å². The number of carboxylic acids is 1. The Hall–Kier alpha value is -3.93. The van der Waals surface area contributed by atoms with Crippen LogP contribution in [0.4, 0.5) is 0 Å². The van der Waals surface area contributed by atoms with Gasteiger partial charge in [-0.2, -0.15) is 0 Å². The largest absolute Gasteiger partial charge is 0.508 e. The van der Waals surface area contributed by atoms with Gasteiger partial charge in [-0.25, -0.2) is 4.98 Å². The Balaban J connectivity index is 2.07. The number of hydrogen-bond donors (Lipinski definition) is 7. The summed E-state index contributed by atoms with van der Waals surface area (Å²) >= 11 is 0. The number of rotatable bonds is 11. The van der Waals surface area contributed by atoms with E-state index in [9.17, 15) is 24.3 Å². The van der Waals surface area contributed by atoms with Crippen LogP contribution >= 0.6 is 0 Å². The molecule has 0 aliphatic carbocycles. The number of nitrogens with two attached hydrogens (primary N) is 1. The number of imidazole rings is 1. The van der Waals surface area contributed by atoms with Gasteiger partial charge in [0.2, 0.25) is 17.7 Å². The summed E-state index contributed by atoms with van der Waals surface area (Å²) in [7, 11) is 0. The molecule has 3 unspecified atom stereocenters. The molecule has 0 saturated carbocycles. The average Bonchev–Trinajstić information content (AvgIpc) is 3.25. The summed E-state index contributed by atoms with van der Waals surface area (Å²) in [5.74, 6) is -3.10. The first kappa shape index (κ1) is 24.3. The van der Waals surface area contributed by atoms with Crippen LogP contribution in [0, 0.1) is 0 Å². The highest BCUT2D eigenvalue weighted by Crippen LogP contribution is 2.12. The van der Waals surface area contributed by atoms with Gasteiger partial charge in [0.15, 0.2) is 0 Å². The van der Waals surface area contributed by atoms with Crippen molar-refractivity contribution in [2.45, 2.75) is 37.9 Å². The van der Waals surface area contributed by atoms with E-state index in [1.807, 2.05) is 0 Å². The second kappa shape index (κ2) is 11.5. The van der Waals surface area contributed by atoms with Crippen molar-refractivity contribution >= 4 is 23.7 Å². The molecule has 0 bridgehead atoms. The normalized spacial score (nSPS) is 13.4. The molecule has 32 heavy (non-hydrogen) atoms. The summed E-state index contributed by atoms with van der Waals surface area (Å²) in [4.78, 5) is 54.7. The van der Waals surface area contributed by atoms with Crippen LogP contribution in [0.1, 0.15) is 18.2 Å². The van der Waals surface area contributed by atoms with Crippen molar-refractivity contribution in [1.29, 1.82) is 0 Å². The smallest absolute Gasteiger partial charge is 0.322 e. The number of hydrogen-bond acceptors (Lipinski definition) is 7. The van der Waals surface area contributed by atoms with E-state index in [0.717, 1.165) is 0 Å². The number of nitrogens with one attached hydrogen (secondary N) is 4. The van der Waals surface area contributed by atoms with E-state index >= 15 is 0 Å². The lowest BCUT2D eigenvalue weighted by molar-refractivity contribution is -0.138. The number of aliphatic carboxylic acids is 1. The molecule has 8 N–H and O–H groups in total. The molecule has 1 aromatic carbocycles. The molecule has 0 fully saturated rings. The van der Waals surface area contributed by atoms with Gasteiger partial charge in [0.05, 0.1) is 12.4 Å². The Morgan fingerprint density at radius 3 is 2.34 bits per heavy atom. The first-order valence-electron chi connectivity index (χ1n) is 9.76. The van der Waals surface area contributed by atoms with Crippen LogP contribution in [0.2, 0.25) is 0 Å². The molecule has 12 nitrogen and oxygen atoms in total. The van der Waals surface area contributed by atoms with Crippen LogP contribution in [-0.4, -0.2) is 68.5 Å². The molecule has 2 aromatic rings. The maximum absolute atomic E-state index is 12.8. The summed E-state index contributed by atoms with van der Waals surface area (Å²) in [6, 6.07) is 3.00. The quantitative estimate of drug-likeness (QED) is 0.214. The zero-order valence-corrected chi connectivity index (χ0v) is 17.4. The van der Waals surface area contributed by atoms with Crippen molar-refractivity contribution in [1.82, 2.24) is 25.9 Å². The lowest BCUT2D eigenvalue weighted by atomic mass is 10.0. The Labute approximate surface area is 183 Å². The number of phenolic OH excluding ortho intramolecular Hbond substituents is 1. The third-order valence-corrected chi connectivity index (χ3v) is 4.51. The highest BCUT2D eigenvalue weighted by Gasteiger charge is 2.27. The third kappa shape index (κ3) is 7.72. The standard InChI is InChI=1S/C20H26N6O6/c1-11(18(30)23-9-17(28)29)25-20(32)16(6-12-2-4-14(27)5-3-12)26-19(31)15(21)7-13-8-22-10-24-13/h2-5,8,10-11,15-16,27H,6-7,9,21H2,1H3,(H,22,24)(H,23,30)(H,25,32)(H,26,31)(H,28,29). The monoisotopic (exact) mass is 446 g/mol. The molecular formula is C20H26N6O6. The fourth-order valence-electron chi connectivity index (χ4n) is 2.78. The van der Waals surface area contributed by atoms with Crippen LogP contribution in [0.3, 0.4) is 0 Å². The SMILES string of the molecule is CC(NC(=O)C(Cc1ccc(O)cc1)NC(=O)C(N)Cc1cnc[nH]1)C(=O)NCC(=O)O. The van der Waals surface area contributed by atoms with E-state index in [1.165, 1.54) is 31.6 Å². The van der Waals surface area contributed by atoms with Gasteiger partial charge in [-0.05, 0) is 24.6 Å². The molecule has 0 saturated heterocycles. The fourth-order valence-corrected chi connectivity index (χ4v) is 2.78. The number of carbonyl (C=O) groups excluding carboxylic acids is 3. The van der Waals surface area contributed by atoms with Gasteiger partial charge in [0, 0.05) is 24.7 Å². The maximum Gasteiger partial charge on any atom is 0.322 e. The summed E-state index contributed by atoms with van der Waals surface area (Å²) in [5.41, 5.74) is 7.24. The van der Waals surface area contributed by atoms with Crippen LogP contribution in [-0.2, 0) is 32.0 Å². The van der Waals surface area contributed by atoms with E-state index in [4.69, 9.17) is 10.8 Å². The number of aromatic nitrogens is 2. The summed E-state index contributed by atoms with van der Waals surface area (Å²) in [6.07, 6.45) is 3.23. The number of H-pyrrole nitrogens is 1. The third-order valence-electron chi connectivity index (χ3n) is 4.51. The van der Waals surface area contributed by atoms with Gasteiger partial charge in [0.25, 0.3) is 0 Å². The number of carboxylic acid groups (broad SMARTS) is 1. The van der Waals surface area contributed by atoms with E-state index < -0.39 is 48.4 Å². The first-order chi connectivity index (χ1) is 15.2. The Bertz CT molecular complexity index is 931. The minimum absolute atomic E-state index is 0.0455. The lowest BCUT2D eigenvalue weighted by Crippen LogP contribution is -2.56. The van der Waals surface area contributed by atoms with Crippen molar-refractivity contribution in [3.63, 3.8) is 0 Å². The van der Waals surface area contributed by atoms with Gasteiger partial charge >= 0.3 is 5.97 Å². The molecule has 3 amide bonds. The van der Waals surface area contributed by atoms with Crippen LogP contribution in [0.25, 0.3) is 0 Å². The molecule has 0 radical (unpaired) electrons. The number of aromatic hydroxyl groups is 1. The molecule has 0 aliphatic heterocycles. The van der Waals surface area contributed by atoms with Crippen molar-refractivity contribution in [2.24, 2.45) is 5.73 Å². The highest BCUT2D eigenvalue weighted by molar-refractivity contribution is 5.93. The minimum atomic E-state index is -1.22.